The van der Waals surface area contributed by atoms with Gasteiger partial charge in [0.1, 0.15) is 28.7 Å². The first-order chi connectivity index (χ1) is 18.6. The van der Waals surface area contributed by atoms with Gasteiger partial charge < -0.3 is 16.4 Å². The number of nitrogens with two attached hydrogens (primary N) is 2. The van der Waals surface area contributed by atoms with Crippen LogP contribution in [0.15, 0.2) is 54.1 Å². The minimum Gasteiger partial charge on any atom is -0.398 e. The quantitative estimate of drug-likeness (QED) is 0.354. The van der Waals surface area contributed by atoms with Gasteiger partial charge in [0.2, 0.25) is 0 Å². The summed E-state index contributed by atoms with van der Waals surface area (Å²) in [5.41, 5.74) is 11.6. The van der Waals surface area contributed by atoms with E-state index in [2.05, 4.69) is 17.1 Å². The van der Waals surface area contributed by atoms with E-state index in [1.165, 1.54) is 36.4 Å². The number of allylic oxidation sites excluding steroid dienone is 1. The molecule has 1 unspecified atom stereocenters. The number of halogens is 2. The molecule has 1 heterocycles. The second-order valence-corrected chi connectivity index (χ2v) is 9.85. The Morgan fingerprint density at radius 1 is 0.949 bits per heavy atom. The summed E-state index contributed by atoms with van der Waals surface area (Å²) in [6, 6.07) is 16.6. The largest absolute Gasteiger partial charge is 0.398 e. The molecule has 2 aromatic carbocycles. The first kappa shape index (κ1) is 27.7. The standard InChI is InChI=1S/C29H24Cl2N6O2/c1-3-37(4-2)28-20(14-32)23-22(27(35)36-28)25(34)24(26(39)17-7-11-19(31)12-8-17)29(23,15-33)13-21(38)16-5-9-18(30)10-6-16/h5-12H,3-4,13,34H2,1-2H3,(H2,35,36). The summed E-state index contributed by atoms with van der Waals surface area (Å²) in [5, 5.41) is 22.0. The zero-order chi connectivity index (χ0) is 28.5. The lowest BCUT2D eigenvalue weighted by molar-refractivity contribution is 0.0961. The van der Waals surface area contributed by atoms with Crippen LogP contribution in [-0.2, 0) is 5.41 Å². The van der Waals surface area contributed by atoms with Crippen LogP contribution in [0.25, 0.3) is 5.70 Å². The number of nitriles is 2. The van der Waals surface area contributed by atoms with Crippen molar-refractivity contribution in [2.75, 3.05) is 23.7 Å². The fourth-order valence-corrected chi connectivity index (χ4v) is 5.25. The van der Waals surface area contributed by atoms with Crippen molar-refractivity contribution < 1.29 is 9.59 Å². The van der Waals surface area contributed by atoms with Gasteiger partial charge in [0.05, 0.1) is 11.8 Å². The van der Waals surface area contributed by atoms with Crippen molar-refractivity contribution in [3.8, 4) is 12.1 Å². The molecule has 39 heavy (non-hydrogen) atoms. The highest BCUT2D eigenvalue weighted by molar-refractivity contribution is 6.31. The predicted molar refractivity (Wildman–Crippen MR) is 152 cm³/mol. The number of nitrogen functional groups attached to an aromatic ring is 1. The fraction of sp³-hybridized carbons (Fsp3) is 0.207. The van der Waals surface area contributed by atoms with Gasteiger partial charge in [0, 0.05) is 57.4 Å². The fourth-order valence-electron chi connectivity index (χ4n) is 5.00. The molecule has 1 aliphatic rings. The van der Waals surface area contributed by atoms with E-state index >= 15 is 0 Å². The lowest BCUT2D eigenvalue weighted by Gasteiger charge is -2.29. The van der Waals surface area contributed by atoms with E-state index in [9.17, 15) is 20.1 Å². The lowest BCUT2D eigenvalue weighted by Crippen LogP contribution is -2.34. The summed E-state index contributed by atoms with van der Waals surface area (Å²) >= 11 is 12.0. The monoisotopic (exact) mass is 558 g/mol. The molecule has 0 radical (unpaired) electrons. The van der Waals surface area contributed by atoms with Gasteiger partial charge in [-0.05, 0) is 62.4 Å². The van der Waals surface area contributed by atoms with E-state index in [0.717, 1.165) is 0 Å². The third-order valence-corrected chi connectivity index (χ3v) is 7.39. The van der Waals surface area contributed by atoms with Crippen LogP contribution in [0.3, 0.4) is 0 Å². The number of anilines is 2. The summed E-state index contributed by atoms with van der Waals surface area (Å²) in [6.07, 6.45) is -0.469. The number of rotatable bonds is 8. The molecular weight excluding hydrogens is 535 g/mol. The number of nitrogens with zero attached hydrogens (tertiary/aromatic N) is 4. The SMILES string of the molecule is CCN(CC)c1nc(N)c2c(c1C#N)C(C#N)(CC(=O)c1ccc(Cl)cc1)C(C(=O)c1ccc(Cl)cc1)=C2N. The Bertz CT molecular complexity index is 1600. The minimum atomic E-state index is -1.92. The molecule has 0 bridgehead atoms. The van der Waals surface area contributed by atoms with Crippen molar-refractivity contribution in [2.24, 2.45) is 5.73 Å². The molecular formula is C29H24Cl2N6O2. The lowest BCUT2D eigenvalue weighted by atomic mass is 9.70. The number of Topliss-reactive ketones (excluding diaryl/α,β-unsaturated/α-hetero) is 2. The number of fused-ring (bicyclic) bond motifs is 1. The maximum Gasteiger partial charge on any atom is 0.193 e. The summed E-state index contributed by atoms with van der Waals surface area (Å²) in [4.78, 5) is 33.9. The zero-order valence-corrected chi connectivity index (χ0v) is 22.8. The molecule has 196 valence electrons. The summed E-state index contributed by atoms with van der Waals surface area (Å²) in [5.74, 6) is -0.816. The van der Waals surface area contributed by atoms with Gasteiger partial charge in [-0.2, -0.15) is 10.5 Å². The van der Waals surface area contributed by atoms with Crippen molar-refractivity contribution in [2.45, 2.75) is 25.7 Å². The second kappa shape index (κ2) is 10.8. The van der Waals surface area contributed by atoms with Crippen LogP contribution in [0.4, 0.5) is 11.6 Å². The van der Waals surface area contributed by atoms with E-state index < -0.39 is 23.4 Å². The minimum absolute atomic E-state index is 0.0372. The predicted octanol–water partition coefficient (Wildman–Crippen LogP) is 5.29. The highest BCUT2D eigenvalue weighted by Gasteiger charge is 2.53. The molecule has 0 saturated carbocycles. The normalized spacial score (nSPS) is 15.8. The van der Waals surface area contributed by atoms with Crippen molar-refractivity contribution >= 4 is 52.1 Å². The first-order valence-electron chi connectivity index (χ1n) is 12.1. The van der Waals surface area contributed by atoms with E-state index in [0.29, 0.717) is 23.1 Å². The van der Waals surface area contributed by atoms with Crippen molar-refractivity contribution in [3.05, 3.63) is 92.0 Å². The van der Waals surface area contributed by atoms with Gasteiger partial charge in [-0.1, -0.05) is 23.2 Å². The third-order valence-electron chi connectivity index (χ3n) is 6.89. The molecule has 1 aliphatic carbocycles. The van der Waals surface area contributed by atoms with Crippen LogP contribution < -0.4 is 16.4 Å². The maximum atomic E-state index is 14.0. The second-order valence-electron chi connectivity index (χ2n) is 8.98. The molecule has 4 rings (SSSR count). The van der Waals surface area contributed by atoms with Crippen LogP contribution in [0.2, 0.25) is 10.0 Å². The number of hydrogen-bond acceptors (Lipinski definition) is 8. The number of benzene rings is 2. The van der Waals surface area contributed by atoms with E-state index in [4.69, 9.17) is 34.7 Å². The third kappa shape index (κ3) is 4.59. The molecule has 3 aromatic rings. The Morgan fingerprint density at radius 3 is 1.97 bits per heavy atom. The van der Waals surface area contributed by atoms with Crippen LogP contribution in [0, 0.1) is 22.7 Å². The maximum absolute atomic E-state index is 14.0. The first-order valence-corrected chi connectivity index (χ1v) is 12.9. The summed E-state index contributed by atoms with van der Waals surface area (Å²) in [6.45, 7) is 4.77. The average molecular weight is 559 g/mol. The van der Waals surface area contributed by atoms with E-state index in [1.54, 1.807) is 12.1 Å². The highest BCUT2D eigenvalue weighted by Crippen LogP contribution is 2.52. The number of pyridine rings is 1. The Balaban J connectivity index is 2.04. The number of carbonyl (C=O) groups is 2. The smallest absolute Gasteiger partial charge is 0.193 e. The molecule has 0 amide bonds. The Labute approximate surface area is 236 Å². The van der Waals surface area contributed by atoms with Crippen LogP contribution >= 0.6 is 23.2 Å². The van der Waals surface area contributed by atoms with Gasteiger partial charge in [-0.3, -0.25) is 9.59 Å². The van der Waals surface area contributed by atoms with Gasteiger partial charge in [0.15, 0.2) is 11.6 Å². The highest BCUT2D eigenvalue weighted by atomic mass is 35.5. The van der Waals surface area contributed by atoms with Gasteiger partial charge in [0.25, 0.3) is 0 Å². The molecule has 1 aromatic heterocycles. The van der Waals surface area contributed by atoms with Crippen LogP contribution in [0.1, 0.15) is 57.7 Å². The topological polar surface area (TPSA) is 150 Å². The molecule has 0 fully saturated rings. The van der Waals surface area contributed by atoms with Gasteiger partial charge in [-0.15, -0.1) is 0 Å². The van der Waals surface area contributed by atoms with Crippen molar-refractivity contribution in [1.82, 2.24) is 4.98 Å². The molecule has 1 atom stereocenters. The Morgan fingerprint density at radius 2 is 1.49 bits per heavy atom. The summed E-state index contributed by atoms with van der Waals surface area (Å²) in [7, 11) is 0. The molecule has 0 saturated heterocycles. The van der Waals surface area contributed by atoms with E-state index in [-0.39, 0.29) is 50.7 Å². The molecule has 10 heteroatoms. The van der Waals surface area contributed by atoms with Crippen LogP contribution in [-0.4, -0.2) is 29.6 Å². The molecule has 0 spiro atoms. The number of aromatic nitrogens is 1. The number of hydrogen-bond donors (Lipinski definition) is 2. The van der Waals surface area contributed by atoms with E-state index in [1.807, 2.05) is 18.7 Å². The number of carbonyl (C=O) groups excluding carboxylic acids is 2. The Kier molecular flexibility index (Phi) is 7.65. The van der Waals surface area contributed by atoms with Crippen molar-refractivity contribution in [3.63, 3.8) is 0 Å². The number of ketones is 2. The Hall–Kier alpha value is -4.37. The molecule has 0 aliphatic heterocycles. The zero-order valence-electron chi connectivity index (χ0n) is 21.3. The summed E-state index contributed by atoms with van der Waals surface area (Å²) < 4.78 is 0. The van der Waals surface area contributed by atoms with Gasteiger partial charge in [-0.25, -0.2) is 4.98 Å². The molecule has 8 nitrogen and oxygen atoms in total. The van der Waals surface area contributed by atoms with Crippen molar-refractivity contribution in [1.29, 1.82) is 10.5 Å². The van der Waals surface area contributed by atoms with Gasteiger partial charge >= 0.3 is 0 Å². The van der Waals surface area contributed by atoms with Crippen LogP contribution in [0.5, 0.6) is 0 Å². The molecule has 4 N–H and O–H groups in total. The average Bonchev–Trinajstić information content (AvgIpc) is 3.18.